The first kappa shape index (κ1) is 21.0. The van der Waals surface area contributed by atoms with Crippen LogP contribution in [0.2, 0.25) is 0 Å². The van der Waals surface area contributed by atoms with Gasteiger partial charge in [-0.2, -0.15) is 0 Å². The Hall–Kier alpha value is -2.28. The van der Waals surface area contributed by atoms with E-state index in [1.807, 2.05) is 44.9 Å². The Kier molecular flexibility index (Phi) is 7.91. The van der Waals surface area contributed by atoms with Crippen molar-refractivity contribution in [1.29, 1.82) is 0 Å². The monoisotopic (exact) mass is 390 g/mol. The molecule has 2 aromatic rings. The van der Waals surface area contributed by atoms with E-state index in [1.54, 1.807) is 17.6 Å². The first-order valence-electron chi connectivity index (χ1n) is 9.19. The Labute approximate surface area is 165 Å². The van der Waals surface area contributed by atoms with Crippen LogP contribution in [0.1, 0.15) is 31.4 Å². The number of carbonyl (C=O) groups is 1. The number of thiophene rings is 1. The van der Waals surface area contributed by atoms with Gasteiger partial charge in [-0.05, 0) is 44.4 Å². The van der Waals surface area contributed by atoms with Crippen molar-refractivity contribution in [2.45, 2.75) is 39.2 Å². The van der Waals surface area contributed by atoms with Crippen LogP contribution in [0.4, 0.5) is 0 Å². The van der Waals surface area contributed by atoms with Crippen molar-refractivity contribution in [2.24, 2.45) is 4.99 Å². The van der Waals surface area contributed by atoms with Crippen LogP contribution >= 0.6 is 11.3 Å². The van der Waals surface area contributed by atoms with Gasteiger partial charge in [-0.3, -0.25) is 9.79 Å². The van der Waals surface area contributed by atoms with Crippen LogP contribution in [0.25, 0.3) is 0 Å². The Balaban J connectivity index is 1.92. The molecular weight excluding hydrogens is 360 g/mol. The third kappa shape index (κ3) is 8.30. The van der Waals surface area contributed by atoms with Gasteiger partial charge in [0.15, 0.2) is 5.96 Å². The predicted octanol–water partition coefficient (Wildman–Crippen LogP) is 2.92. The Bertz CT molecular complexity index is 703. The van der Waals surface area contributed by atoms with Crippen molar-refractivity contribution < 1.29 is 9.21 Å². The molecule has 2 N–H and O–H groups in total. The van der Waals surface area contributed by atoms with Gasteiger partial charge in [-0.15, -0.1) is 11.3 Å². The summed E-state index contributed by atoms with van der Waals surface area (Å²) < 4.78 is 5.37. The molecule has 0 bridgehead atoms. The summed E-state index contributed by atoms with van der Waals surface area (Å²) in [4.78, 5) is 20.1. The summed E-state index contributed by atoms with van der Waals surface area (Å²) in [6.45, 7) is 7.54. The average Bonchev–Trinajstić information content (AvgIpc) is 3.25. The number of hydrogen-bond donors (Lipinski definition) is 2. The summed E-state index contributed by atoms with van der Waals surface area (Å²) in [5.41, 5.74) is -0.249. The number of rotatable bonds is 8. The molecule has 0 aliphatic carbocycles. The number of carbonyl (C=O) groups excluding carboxylic acids is 1. The number of nitrogens with zero attached hydrogens (tertiary/aromatic N) is 2. The van der Waals surface area contributed by atoms with Crippen molar-refractivity contribution >= 4 is 23.2 Å². The van der Waals surface area contributed by atoms with Crippen LogP contribution < -0.4 is 10.6 Å². The molecule has 0 aliphatic rings. The number of furan rings is 1. The minimum absolute atomic E-state index is 0.0243. The summed E-state index contributed by atoms with van der Waals surface area (Å²) in [5, 5.41) is 8.40. The lowest BCUT2D eigenvalue weighted by molar-refractivity contribution is -0.122. The molecule has 148 valence electrons. The molecule has 0 fully saturated rings. The lowest BCUT2D eigenvalue weighted by Crippen LogP contribution is -2.49. The molecule has 6 nitrogen and oxygen atoms in total. The van der Waals surface area contributed by atoms with Gasteiger partial charge < -0.3 is 20.0 Å². The smallest absolute Gasteiger partial charge is 0.240 e. The molecule has 0 saturated heterocycles. The van der Waals surface area contributed by atoms with Gasteiger partial charge in [0.2, 0.25) is 5.91 Å². The van der Waals surface area contributed by atoms with E-state index in [9.17, 15) is 4.79 Å². The van der Waals surface area contributed by atoms with E-state index in [1.165, 1.54) is 4.88 Å². The zero-order valence-electron chi connectivity index (χ0n) is 16.6. The highest BCUT2D eigenvalue weighted by atomic mass is 32.1. The molecular formula is C20H30N4O2S. The Morgan fingerprint density at radius 3 is 2.70 bits per heavy atom. The normalized spacial score (nSPS) is 12.1. The molecule has 0 atom stereocenters. The molecule has 27 heavy (non-hydrogen) atoms. The van der Waals surface area contributed by atoms with Crippen LogP contribution in [0.5, 0.6) is 0 Å². The van der Waals surface area contributed by atoms with Crippen LogP contribution in [0.3, 0.4) is 0 Å². The lowest BCUT2D eigenvalue weighted by atomic mass is 10.1. The molecule has 1 amide bonds. The Morgan fingerprint density at radius 2 is 2.07 bits per heavy atom. The van der Waals surface area contributed by atoms with Crippen LogP contribution in [0.15, 0.2) is 45.3 Å². The van der Waals surface area contributed by atoms with Crippen molar-refractivity contribution in [3.8, 4) is 0 Å². The molecule has 0 radical (unpaired) electrons. The molecule has 0 unspecified atom stereocenters. The first-order chi connectivity index (χ1) is 12.8. The SMILES string of the molecule is CN(CC(=O)NC(C)(C)C)C(=NCCc1cccs1)NCCc1ccco1. The number of amides is 1. The van der Waals surface area contributed by atoms with E-state index in [-0.39, 0.29) is 18.0 Å². The summed E-state index contributed by atoms with van der Waals surface area (Å²) in [7, 11) is 1.88. The minimum atomic E-state index is -0.249. The average molecular weight is 391 g/mol. The molecule has 0 aromatic carbocycles. The maximum Gasteiger partial charge on any atom is 0.240 e. The van der Waals surface area contributed by atoms with Crippen molar-refractivity contribution in [3.63, 3.8) is 0 Å². The molecule has 7 heteroatoms. The molecule has 2 aromatic heterocycles. The second kappa shape index (κ2) is 10.2. The second-order valence-corrected chi connectivity index (χ2v) is 8.48. The molecule has 0 aliphatic heterocycles. The summed E-state index contributed by atoms with van der Waals surface area (Å²) in [6.07, 6.45) is 3.33. The van der Waals surface area contributed by atoms with Gasteiger partial charge in [0.1, 0.15) is 5.76 Å². The largest absolute Gasteiger partial charge is 0.469 e. The quantitative estimate of drug-likeness (QED) is 0.537. The third-order valence-electron chi connectivity index (χ3n) is 3.69. The molecule has 2 heterocycles. The molecule has 2 rings (SSSR count). The van der Waals surface area contributed by atoms with Gasteiger partial charge in [-0.25, -0.2) is 0 Å². The highest BCUT2D eigenvalue weighted by Crippen LogP contribution is 2.09. The maximum absolute atomic E-state index is 12.2. The van der Waals surface area contributed by atoms with E-state index in [4.69, 9.17) is 9.41 Å². The fourth-order valence-corrected chi connectivity index (χ4v) is 3.24. The van der Waals surface area contributed by atoms with Crippen LogP contribution in [-0.4, -0.2) is 49.0 Å². The van der Waals surface area contributed by atoms with Crippen molar-refractivity contribution in [3.05, 3.63) is 46.5 Å². The first-order valence-corrected chi connectivity index (χ1v) is 10.1. The highest BCUT2D eigenvalue weighted by molar-refractivity contribution is 7.09. The topological polar surface area (TPSA) is 69.9 Å². The van der Waals surface area contributed by atoms with Gasteiger partial charge in [0, 0.05) is 43.4 Å². The zero-order chi connectivity index (χ0) is 19.7. The number of hydrogen-bond acceptors (Lipinski definition) is 4. The highest BCUT2D eigenvalue weighted by Gasteiger charge is 2.17. The van der Waals surface area contributed by atoms with E-state index >= 15 is 0 Å². The summed E-state index contributed by atoms with van der Waals surface area (Å²) >= 11 is 1.74. The Morgan fingerprint density at radius 1 is 1.26 bits per heavy atom. The standard InChI is InChI=1S/C20H30N4O2S/c1-20(2,3)23-18(25)15-24(4)19(21-11-9-16-7-5-13-26-16)22-12-10-17-8-6-14-27-17/h5-8,13-14H,9-12,15H2,1-4H3,(H,21,22)(H,23,25). The van der Waals surface area contributed by atoms with E-state index in [0.29, 0.717) is 13.1 Å². The molecule has 0 spiro atoms. The van der Waals surface area contributed by atoms with E-state index < -0.39 is 0 Å². The van der Waals surface area contributed by atoms with E-state index in [2.05, 4.69) is 28.1 Å². The number of nitrogens with one attached hydrogen (secondary N) is 2. The van der Waals surface area contributed by atoms with Gasteiger partial charge in [0.05, 0.1) is 12.8 Å². The predicted molar refractivity (Wildman–Crippen MR) is 111 cm³/mol. The second-order valence-electron chi connectivity index (χ2n) is 7.45. The zero-order valence-corrected chi connectivity index (χ0v) is 17.4. The maximum atomic E-state index is 12.2. The minimum Gasteiger partial charge on any atom is -0.469 e. The fraction of sp³-hybridized carbons (Fsp3) is 0.500. The van der Waals surface area contributed by atoms with Crippen molar-refractivity contribution in [2.75, 3.05) is 26.7 Å². The van der Waals surface area contributed by atoms with Crippen LogP contribution in [0, 0.1) is 0 Å². The van der Waals surface area contributed by atoms with Gasteiger partial charge >= 0.3 is 0 Å². The van der Waals surface area contributed by atoms with E-state index in [0.717, 1.165) is 24.6 Å². The fourth-order valence-electron chi connectivity index (χ4n) is 2.54. The van der Waals surface area contributed by atoms with Crippen molar-refractivity contribution in [1.82, 2.24) is 15.5 Å². The lowest BCUT2D eigenvalue weighted by Gasteiger charge is -2.25. The van der Waals surface area contributed by atoms with Crippen LogP contribution in [-0.2, 0) is 17.6 Å². The number of guanidine groups is 1. The number of likely N-dealkylation sites (N-methyl/N-ethyl adjacent to an activating group) is 1. The summed E-state index contributed by atoms with van der Waals surface area (Å²) in [5.74, 6) is 1.62. The number of aliphatic imine (C=N–C) groups is 1. The third-order valence-corrected chi connectivity index (χ3v) is 4.63. The van der Waals surface area contributed by atoms with Gasteiger partial charge in [0.25, 0.3) is 0 Å². The molecule has 0 saturated carbocycles. The summed E-state index contributed by atoms with van der Waals surface area (Å²) in [6, 6.07) is 8.00. The van der Waals surface area contributed by atoms with Gasteiger partial charge in [-0.1, -0.05) is 6.07 Å².